The summed E-state index contributed by atoms with van der Waals surface area (Å²) in [7, 11) is 0. The Morgan fingerprint density at radius 1 is 1.03 bits per heavy atom. The number of nitrogens with zero attached hydrogens (tertiary/aromatic N) is 3. The van der Waals surface area contributed by atoms with Gasteiger partial charge in [0.1, 0.15) is 15.7 Å². The zero-order valence-corrected chi connectivity index (χ0v) is 17.5. The summed E-state index contributed by atoms with van der Waals surface area (Å²) in [6.07, 6.45) is 0. The van der Waals surface area contributed by atoms with Gasteiger partial charge in [0.15, 0.2) is 0 Å². The van der Waals surface area contributed by atoms with Gasteiger partial charge in [-0.05, 0) is 37.3 Å². The van der Waals surface area contributed by atoms with Crippen molar-refractivity contribution in [2.24, 2.45) is 0 Å². The van der Waals surface area contributed by atoms with Crippen molar-refractivity contribution in [2.75, 3.05) is 6.54 Å². The van der Waals surface area contributed by atoms with Crippen LogP contribution in [0.3, 0.4) is 0 Å². The van der Waals surface area contributed by atoms with E-state index in [0.717, 1.165) is 10.6 Å². The molecule has 6 nitrogen and oxygen atoms in total. The smallest absolute Gasteiger partial charge is 0.266 e. The van der Waals surface area contributed by atoms with Crippen LogP contribution in [0.1, 0.15) is 15.4 Å². The lowest BCUT2D eigenvalue weighted by atomic mass is 10.1. The Hall–Kier alpha value is -3.65. The predicted octanol–water partition coefficient (Wildman–Crippen LogP) is 3.91. The van der Waals surface area contributed by atoms with Crippen molar-refractivity contribution in [3.05, 3.63) is 93.5 Å². The Balaban J connectivity index is 1.43. The van der Waals surface area contributed by atoms with Crippen LogP contribution in [0.4, 0.5) is 4.39 Å². The Kier molecular flexibility index (Phi) is 5.99. The van der Waals surface area contributed by atoms with Crippen molar-refractivity contribution < 1.29 is 9.18 Å². The number of rotatable bonds is 6. The van der Waals surface area contributed by atoms with Crippen LogP contribution in [0.5, 0.6) is 0 Å². The minimum Gasteiger partial charge on any atom is -0.349 e. The first-order valence-electron chi connectivity index (χ1n) is 9.66. The van der Waals surface area contributed by atoms with Gasteiger partial charge in [0.05, 0.1) is 17.9 Å². The lowest BCUT2D eigenvalue weighted by molar-refractivity contribution is 0.0955. The van der Waals surface area contributed by atoms with Crippen molar-refractivity contribution in [3.63, 3.8) is 0 Å². The molecule has 0 unspecified atom stereocenters. The Morgan fingerprint density at radius 3 is 2.52 bits per heavy atom. The first-order valence-corrected chi connectivity index (χ1v) is 10.5. The number of halogens is 1. The number of amides is 1. The Morgan fingerprint density at radius 2 is 1.77 bits per heavy atom. The van der Waals surface area contributed by atoms with Crippen LogP contribution >= 0.6 is 11.3 Å². The van der Waals surface area contributed by atoms with Crippen molar-refractivity contribution in [1.82, 2.24) is 20.1 Å². The highest BCUT2D eigenvalue weighted by molar-refractivity contribution is 7.17. The Labute approximate surface area is 182 Å². The average Bonchev–Trinajstić information content (AvgIpc) is 3.18. The van der Waals surface area contributed by atoms with Gasteiger partial charge in [0.2, 0.25) is 0 Å². The number of aryl methyl sites for hydroxylation is 1. The maximum absolute atomic E-state index is 13.1. The molecule has 2 heterocycles. The molecule has 0 radical (unpaired) electrons. The number of benzene rings is 2. The van der Waals surface area contributed by atoms with Gasteiger partial charge < -0.3 is 5.32 Å². The molecule has 0 bridgehead atoms. The zero-order valence-electron chi connectivity index (χ0n) is 16.7. The molecule has 2 aromatic heterocycles. The lowest BCUT2D eigenvalue weighted by Gasteiger charge is -2.08. The fourth-order valence-electron chi connectivity index (χ4n) is 3.05. The van der Waals surface area contributed by atoms with Gasteiger partial charge in [-0.1, -0.05) is 30.3 Å². The van der Waals surface area contributed by atoms with E-state index in [2.05, 4.69) is 15.4 Å². The minimum absolute atomic E-state index is 0.211. The van der Waals surface area contributed by atoms with Crippen LogP contribution in [0.15, 0.2) is 71.5 Å². The van der Waals surface area contributed by atoms with Crippen molar-refractivity contribution in [2.45, 2.75) is 13.5 Å². The molecule has 4 aromatic rings. The van der Waals surface area contributed by atoms with E-state index in [0.29, 0.717) is 21.8 Å². The lowest BCUT2D eigenvalue weighted by Crippen LogP contribution is -2.31. The molecule has 0 aliphatic carbocycles. The third-order valence-corrected chi connectivity index (χ3v) is 5.84. The predicted molar refractivity (Wildman–Crippen MR) is 119 cm³/mol. The molecule has 1 N–H and O–H groups in total. The first-order chi connectivity index (χ1) is 15.0. The van der Waals surface area contributed by atoms with Crippen LogP contribution in [0, 0.1) is 12.7 Å². The van der Waals surface area contributed by atoms with Crippen LogP contribution in [0.2, 0.25) is 0 Å². The molecular formula is C23H19FN4O2S. The molecule has 1 amide bonds. The summed E-state index contributed by atoms with van der Waals surface area (Å²) in [6, 6.07) is 18.6. The summed E-state index contributed by atoms with van der Waals surface area (Å²) in [4.78, 5) is 29.8. The molecule has 2 aromatic carbocycles. The number of aromatic nitrogens is 3. The second-order valence-electron chi connectivity index (χ2n) is 6.84. The number of thiazole rings is 1. The number of hydrogen-bond acceptors (Lipinski definition) is 5. The molecule has 0 aliphatic rings. The van der Waals surface area contributed by atoms with E-state index in [1.165, 1.54) is 34.2 Å². The summed E-state index contributed by atoms with van der Waals surface area (Å²) in [5.41, 5.74) is 2.60. The molecule has 0 atom stereocenters. The van der Waals surface area contributed by atoms with Crippen LogP contribution < -0.4 is 10.9 Å². The highest BCUT2D eigenvalue weighted by Gasteiger charge is 2.16. The van der Waals surface area contributed by atoms with E-state index < -0.39 is 0 Å². The molecule has 0 saturated carbocycles. The molecule has 4 rings (SSSR count). The third-order valence-electron chi connectivity index (χ3n) is 4.64. The van der Waals surface area contributed by atoms with Crippen LogP contribution in [-0.2, 0) is 6.54 Å². The topological polar surface area (TPSA) is 76.9 Å². The molecule has 156 valence electrons. The fraction of sp³-hybridized carbons (Fsp3) is 0.130. The summed E-state index contributed by atoms with van der Waals surface area (Å²) in [5.74, 6) is -0.575. The summed E-state index contributed by atoms with van der Waals surface area (Å²) < 4.78 is 14.4. The summed E-state index contributed by atoms with van der Waals surface area (Å²) >= 11 is 1.33. The van der Waals surface area contributed by atoms with Gasteiger partial charge in [0.25, 0.3) is 11.5 Å². The van der Waals surface area contributed by atoms with E-state index in [1.807, 2.05) is 30.3 Å². The number of nitrogens with one attached hydrogen (secondary N) is 1. The van der Waals surface area contributed by atoms with E-state index >= 15 is 0 Å². The quantitative estimate of drug-likeness (QED) is 0.499. The zero-order chi connectivity index (χ0) is 21.8. The van der Waals surface area contributed by atoms with Gasteiger partial charge >= 0.3 is 0 Å². The van der Waals surface area contributed by atoms with Crippen molar-refractivity contribution in [1.29, 1.82) is 0 Å². The van der Waals surface area contributed by atoms with Gasteiger partial charge in [-0.2, -0.15) is 5.10 Å². The maximum atomic E-state index is 13.1. The maximum Gasteiger partial charge on any atom is 0.266 e. The monoisotopic (exact) mass is 434 g/mol. The first kappa shape index (κ1) is 20.6. The van der Waals surface area contributed by atoms with Crippen LogP contribution in [-0.4, -0.2) is 27.2 Å². The molecule has 0 saturated heterocycles. The minimum atomic E-state index is -0.339. The molecule has 8 heteroatoms. The van der Waals surface area contributed by atoms with Gasteiger partial charge in [-0.15, -0.1) is 11.3 Å². The molecular weight excluding hydrogens is 415 g/mol. The second kappa shape index (κ2) is 9.01. The van der Waals surface area contributed by atoms with Gasteiger partial charge in [0, 0.05) is 23.7 Å². The second-order valence-corrected chi connectivity index (χ2v) is 7.84. The molecule has 31 heavy (non-hydrogen) atoms. The largest absolute Gasteiger partial charge is 0.349 e. The highest BCUT2D eigenvalue weighted by atomic mass is 32.1. The summed E-state index contributed by atoms with van der Waals surface area (Å²) in [6.45, 7) is 2.25. The SMILES string of the molecule is Cc1nc(-c2ccccc2)sc1C(=O)NCCn1nc(-c2ccc(F)cc2)ccc1=O. The van der Waals surface area contributed by atoms with E-state index in [9.17, 15) is 14.0 Å². The Bertz CT molecular complexity index is 1270. The standard InChI is InChI=1S/C23H19FN4O2S/c1-15-21(31-23(26-15)17-5-3-2-4-6-17)22(30)25-13-14-28-20(29)12-11-19(27-28)16-7-9-18(24)10-8-16/h2-12H,13-14H2,1H3,(H,25,30). The van der Waals surface area contributed by atoms with E-state index in [-0.39, 0.29) is 30.4 Å². The third kappa shape index (κ3) is 4.75. The number of carbonyl (C=O) groups is 1. The summed E-state index contributed by atoms with van der Waals surface area (Å²) in [5, 5.41) is 7.94. The fourth-order valence-corrected chi connectivity index (χ4v) is 4.04. The van der Waals surface area contributed by atoms with Crippen LogP contribution in [0.25, 0.3) is 21.8 Å². The van der Waals surface area contributed by atoms with Gasteiger partial charge in [-0.25, -0.2) is 14.1 Å². The molecule has 0 aliphatic heterocycles. The normalized spacial score (nSPS) is 10.8. The highest BCUT2D eigenvalue weighted by Crippen LogP contribution is 2.27. The molecule has 0 spiro atoms. The number of carbonyl (C=O) groups excluding carboxylic acids is 1. The van der Waals surface area contributed by atoms with Crippen molar-refractivity contribution >= 4 is 17.2 Å². The number of hydrogen-bond donors (Lipinski definition) is 1. The average molecular weight is 434 g/mol. The van der Waals surface area contributed by atoms with E-state index in [1.54, 1.807) is 25.1 Å². The van der Waals surface area contributed by atoms with Crippen molar-refractivity contribution in [3.8, 4) is 21.8 Å². The van der Waals surface area contributed by atoms with E-state index in [4.69, 9.17) is 0 Å². The van der Waals surface area contributed by atoms with Gasteiger partial charge in [-0.3, -0.25) is 9.59 Å². The molecule has 0 fully saturated rings.